The number of rotatable bonds is 5. The monoisotopic (exact) mass is 501 g/mol. The summed E-state index contributed by atoms with van der Waals surface area (Å²) >= 11 is 3.14. The molecule has 0 saturated heterocycles. The zero-order valence-corrected chi connectivity index (χ0v) is 20.8. The lowest BCUT2D eigenvalue weighted by molar-refractivity contribution is 0.0772. The lowest BCUT2D eigenvalue weighted by Gasteiger charge is -2.26. The molecule has 35 heavy (non-hydrogen) atoms. The van der Waals surface area contributed by atoms with E-state index in [0.717, 1.165) is 37.7 Å². The highest BCUT2D eigenvalue weighted by Crippen LogP contribution is 2.32. The second kappa shape index (κ2) is 9.74. The van der Waals surface area contributed by atoms with Crippen LogP contribution in [0.1, 0.15) is 40.2 Å². The van der Waals surface area contributed by atoms with Crippen molar-refractivity contribution in [1.82, 2.24) is 24.8 Å². The average Bonchev–Trinajstić information content (AvgIpc) is 3.49. The molecule has 0 saturated carbocycles. The van der Waals surface area contributed by atoms with E-state index in [0.29, 0.717) is 36.5 Å². The van der Waals surface area contributed by atoms with Gasteiger partial charge >= 0.3 is 0 Å². The number of anilines is 2. The van der Waals surface area contributed by atoms with Crippen molar-refractivity contribution in [2.45, 2.75) is 20.3 Å². The highest BCUT2D eigenvalue weighted by Gasteiger charge is 2.20. The van der Waals surface area contributed by atoms with Crippen LogP contribution in [0.2, 0.25) is 0 Å². The van der Waals surface area contributed by atoms with Gasteiger partial charge in [-0.05, 0) is 50.1 Å². The van der Waals surface area contributed by atoms with Gasteiger partial charge in [-0.25, -0.2) is 15.0 Å². The SMILES string of the molecule is Cc1nc(C)c(-c2csc(Nc3ccc(C(=O)N4CC=C(c5ccc(C#N)cn5)CC4)cn3)n2)s1.[HH]. The molecule has 0 radical (unpaired) electrons. The Kier molecular flexibility index (Phi) is 6.35. The van der Waals surface area contributed by atoms with Gasteiger partial charge in [0.25, 0.3) is 5.91 Å². The highest BCUT2D eigenvalue weighted by molar-refractivity contribution is 7.16. The first kappa shape index (κ1) is 22.8. The summed E-state index contributed by atoms with van der Waals surface area (Å²) in [6, 6.07) is 9.26. The topological polar surface area (TPSA) is 108 Å². The Morgan fingerprint density at radius 1 is 1.14 bits per heavy atom. The van der Waals surface area contributed by atoms with E-state index in [-0.39, 0.29) is 7.33 Å². The number of hydrogen-bond donors (Lipinski definition) is 1. The Labute approximate surface area is 212 Å². The van der Waals surface area contributed by atoms with Gasteiger partial charge in [0.05, 0.1) is 38.1 Å². The Morgan fingerprint density at radius 2 is 2.03 bits per heavy atom. The number of nitrogens with one attached hydrogen (secondary N) is 1. The van der Waals surface area contributed by atoms with Gasteiger partial charge in [-0.1, -0.05) is 6.08 Å². The summed E-state index contributed by atoms with van der Waals surface area (Å²) in [5, 5.41) is 15.9. The second-order valence-corrected chi connectivity index (χ2v) is 10.1. The molecule has 4 aromatic heterocycles. The van der Waals surface area contributed by atoms with Crippen LogP contribution in [-0.2, 0) is 0 Å². The maximum atomic E-state index is 13.0. The summed E-state index contributed by atoms with van der Waals surface area (Å²) in [7, 11) is 0. The van der Waals surface area contributed by atoms with Gasteiger partial charge in [-0.2, -0.15) is 5.26 Å². The summed E-state index contributed by atoms with van der Waals surface area (Å²) in [6.45, 7) is 5.09. The third-order valence-corrected chi connectivity index (χ3v) is 7.46. The number of carbonyl (C=O) groups excluding carboxylic acids is 1. The van der Waals surface area contributed by atoms with Gasteiger partial charge in [-0.15, -0.1) is 22.7 Å². The van der Waals surface area contributed by atoms with Crippen molar-refractivity contribution < 1.29 is 6.22 Å². The van der Waals surface area contributed by atoms with Crippen molar-refractivity contribution in [3.8, 4) is 16.6 Å². The predicted octanol–water partition coefficient (Wildman–Crippen LogP) is 5.46. The Hall–Kier alpha value is -3.94. The summed E-state index contributed by atoms with van der Waals surface area (Å²) in [5.41, 5.74) is 4.90. The van der Waals surface area contributed by atoms with Crippen LogP contribution < -0.4 is 5.32 Å². The molecule has 1 amide bonds. The lowest BCUT2D eigenvalue weighted by Crippen LogP contribution is -2.34. The number of thiazole rings is 2. The van der Waals surface area contributed by atoms with Crippen molar-refractivity contribution in [1.29, 1.82) is 5.26 Å². The van der Waals surface area contributed by atoms with E-state index >= 15 is 0 Å². The third-order valence-electron chi connectivity index (χ3n) is 5.60. The molecule has 1 aliphatic rings. The van der Waals surface area contributed by atoms with Crippen molar-refractivity contribution in [3.05, 3.63) is 75.6 Å². The fourth-order valence-electron chi connectivity index (χ4n) is 3.83. The Morgan fingerprint density at radius 3 is 2.66 bits per heavy atom. The summed E-state index contributed by atoms with van der Waals surface area (Å²) < 4.78 is 0. The molecule has 4 aromatic rings. The molecule has 1 aliphatic heterocycles. The number of aryl methyl sites for hydroxylation is 2. The molecule has 0 atom stereocenters. The minimum atomic E-state index is -0.0558. The zero-order valence-electron chi connectivity index (χ0n) is 19.1. The van der Waals surface area contributed by atoms with Gasteiger partial charge in [0.15, 0.2) is 5.13 Å². The fourth-order valence-corrected chi connectivity index (χ4v) is 5.49. The first-order valence-corrected chi connectivity index (χ1v) is 12.7. The van der Waals surface area contributed by atoms with E-state index in [2.05, 4.69) is 31.3 Å². The van der Waals surface area contributed by atoms with Crippen molar-refractivity contribution >= 4 is 45.1 Å². The molecule has 0 bridgehead atoms. The van der Waals surface area contributed by atoms with E-state index in [1.165, 1.54) is 11.3 Å². The van der Waals surface area contributed by atoms with Crippen LogP contribution in [0.15, 0.2) is 48.1 Å². The molecular weight excluding hydrogens is 478 g/mol. The molecule has 10 heteroatoms. The number of nitriles is 1. The maximum absolute atomic E-state index is 13.0. The van der Waals surface area contributed by atoms with E-state index in [4.69, 9.17) is 5.26 Å². The molecular formula is C25H23N7OS2. The predicted molar refractivity (Wildman–Crippen MR) is 140 cm³/mol. The standard InChI is InChI=1S/C25H21N7OS2.H2/c1-15-23(35-16(2)29-15)21-14-34-25(30-21)31-22-6-4-19(13-28-22)24(33)32-9-7-18(8-10-32)20-5-3-17(11-26)12-27-20;/h3-7,12-14H,8-10H2,1-2H3,(H,28,30,31);1H. The molecule has 176 valence electrons. The molecule has 0 fully saturated rings. The average molecular weight is 502 g/mol. The number of aromatic nitrogens is 4. The number of hydrogen-bond acceptors (Lipinski definition) is 9. The van der Waals surface area contributed by atoms with E-state index in [9.17, 15) is 4.79 Å². The van der Waals surface area contributed by atoms with Crippen LogP contribution in [0.4, 0.5) is 10.9 Å². The third kappa shape index (κ3) is 4.96. The number of amides is 1. The van der Waals surface area contributed by atoms with E-state index in [1.54, 1.807) is 46.8 Å². The van der Waals surface area contributed by atoms with Gasteiger partial charge in [0, 0.05) is 32.3 Å². The van der Waals surface area contributed by atoms with Gasteiger partial charge in [0.1, 0.15) is 11.9 Å². The molecule has 0 spiro atoms. The van der Waals surface area contributed by atoms with Crippen molar-refractivity contribution in [2.24, 2.45) is 0 Å². The van der Waals surface area contributed by atoms with Crippen LogP contribution in [0.25, 0.3) is 16.1 Å². The van der Waals surface area contributed by atoms with Gasteiger partial charge in [0.2, 0.25) is 0 Å². The van der Waals surface area contributed by atoms with Crippen molar-refractivity contribution in [3.63, 3.8) is 0 Å². The van der Waals surface area contributed by atoms with E-state index in [1.807, 2.05) is 31.4 Å². The normalized spacial score (nSPS) is 13.3. The quantitative estimate of drug-likeness (QED) is 0.387. The number of carbonyl (C=O) groups is 1. The van der Waals surface area contributed by atoms with Crippen LogP contribution in [-0.4, -0.2) is 43.8 Å². The summed E-state index contributed by atoms with van der Waals surface area (Å²) in [5.74, 6) is 0.576. The maximum Gasteiger partial charge on any atom is 0.255 e. The largest absolute Gasteiger partial charge is 0.335 e. The minimum absolute atomic E-state index is 0. The molecule has 5 rings (SSSR count). The van der Waals surface area contributed by atoms with Crippen LogP contribution in [0.3, 0.4) is 0 Å². The minimum Gasteiger partial charge on any atom is -0.335 e. The van der Waals surface area contributed by atoms with Crippen LogP contribution in [0.5, 0.6) is 0 Å². The molecule has 0 aliphatic carbocycles. The molecule has 1 N–H and O–H groups in total. The van der Waals surface area contributed by atoms with Gasteiger partial charge in [-0.3, -0.25) is 9.78 Å². The van der Waals surface area contributed by atoms with Crippen LogP contribution >= 0.6 is 22.7 Å². The molecule has 5 heterocycles. The number of pyridine rings is 2. The highest BCUT2D eigenvalue weighted by atomic mass is 32.1. The lowest BCUT2D eigenvalue weighted by atomic mass is 10.0. The number of nitrogens with zero attached hydrogens (tertiary/aromatic N) is 6. The fraction of sp³-hybridized carbons (Fsp3) is 0.200. The first-order valence-electron chi connectivity index (χ1n) is 11.0. The second-order valence-electron chi connectivity index (χ2n) is 8.02. The summed E-state index contributed by atoms with van der Waals surface area (Å²) in [6.07, 6.45) is 5.90. The Bertz CT molecular complexity index is 1450. The molecule has 0 aromatic carbocycles. The summed E-state index contributed by atoms with van der Waals surface area (Å²) in [4.78, 5) is 33.7. The van der Waals surface area contributed by atoms with E-state index < -0.39 is 0 Å². The molecule has 8 nitrogen and oxygen atoms in total. The van der Waals surface area contributed by atoms with Gasteiger partial charge < -0.3 is 10.2 Å². The first-order chi connectivity index (χ1) is 17.0. The molecule has 0 unspecified atom stereocenters. The zero-order chi connectivity index (χ0) is 24.4. The van der Waals surface area contributed by atoms with Crippen molar-refractivity contribution in [2.75, 3.05) is 18.4 Å². The Balaban J connectivity index is 0.00000304. The smallest absolute Gasteiger partial charge is 0.255 e. The van der Waals surface area contributed by atoms with Crippen LogP contribution in [0, 0.1) is 25.2 Å².